The molecular formula is C17H23N3O2S. The number of thiazole rings is 1. The van der Waals surface area contributed by atoms with Crippen LogP contribution in [0.4, 0.5) is 5.13 Å². The van der Waals surface area contributed by atoms with Crippen molar-refractivity contribution >= 4 is 22.7 Å². The van der Waals surface area contributed by atoms with Crippen LogP contribution in [0.1, 0.15) is 38.2 Å². The van der Waals surface area contributed by atoms with Gasteiger partial charge in [0.15, 0.2) is 11.5 Å². The van der Waals surface area contributed by atoms with Crippen LogP contribution in [-0.2, 0) is 0 Å². The van der Waals surface area contributed by atoms with Crippen molar-refractivity contribution in [3.63, 3.8) is 0 Å². The molecule has 1 aromatic carbocycles. The van der Waals surface area contributed by atoms with Crippen LogP contribution in [-0.4, -0.2) is 24.9 Å². The van der Waals surface area contributed by atoms with Gasteiger partial charge in [-0.2, -0.15) is 5.10 Å². The van der Waals surface area contributed by atoms with Crippen LogP contribution >= 0.6 is 11.3 Å². The number of anilines is 1. The van der Waals surface area contributed by atoms with Crippen LogP contribution in [0.5, 0.6) is 11.5 Å². The molecule has 0 fully saturated rings. The molecule has 0 bridgehead atoms. The summed E-state index contributed by atoms with van der Waals surface area (Å²) in [6.45, 7) is 2.92. The molecule has 2 rings (SSSR count). The van der Waals surface area contributed by atoms with Crippen molar-refractivity contribution in [2.75, 3.05) is 19.1 Å². The summed E-state index contributed by atoms with van der Waals surface area (Å²) in [4.78, 5) is 4.10. The first kappa shape index (κ1) is 17.3. The van der Waals surface area contributed by atoms with Crippen molar-refractivity contribution < 1.29 is 9.47 Å². The van der Waals surface area contributed by atoms with Crippen molar-refractivity contribution in [1.29, 1.82) is 0 Å². The molecule has 1 N–H and O–H groups in total. The van der Waals surface area contributed by atoms with Crippen molar-refractivity contribution in [1.82, 2.24) is 4.98 Å². The third kappa shape index (κ3) is 5.90. The Kier molecular flexibility index (Phi) is 7.39. The molecule has 1 heterocycles. The minimum Gasteiger partial charge on any atom is -0.493 e. The Morgan fingerprint density at radius 2 is 2.17 bits per heavy atom. The number of unbranched alkanes of at least 4 members (excludes halogenated alkanes) is 3. The fourth-order valence-corrected chi connectivity index (χ4v) is 2.51. The molecule has 0 saturated carbocycles. The molecule has 0 unspecified atom stereocenters. The first-order valence-electron chi connectivity index (χ1n) is 7.83. The van der Waals surface area contributed by atoms with Crippen LogP contribution < -0.4 is 14.9 Å². The van der Waals surface area contributed by atoms with E-state index in [1.165, 1.54) is 30.6 Å². The highest BCUT2D eigenvalue weighted by atomic mass is 32.1. The van der Waals surface area contributed by atoms with Crippen molar-refractivity contribution in [2.24, 2.45) is 5.10 Å². The van der Waals surface area contributed by atoms with E-state index in [0.29, 0.717) is 0 Å². The highest BCUT2D eigenvalue weighted by Gasteiger charge is 2.05. The second-order valence-corrected chi connectivity index (χ2v) is 5.92. The molecule has 1 aromatic heterocycles. The lowest BCUT2D eigenvalue weighted by Crippen LogP contribution is -2.00. The number of ether oxygens (including phenoxy) is 2. The quantitative estimate of drug-likeness (QED) is 0.393. The number of benzene rings is 1. The molecule has 5 nitrogen and oxygen atoms in total. The monoisotopic (exact) mass is 333 g/mol. The Morgan fingerprint density at radius 3 is 2.91 bits per heavy atom. The van der Waals surface area contributed by atoms with Gasteiger partial charge in [-0.15, -0.1) is 11.3 Å². The number of aromatic nitrogens is 1. The van der Waals surface area contributed by atoms with Gasteiger partial charge in [-0.1, -0.05) is 26.2 Å². The van der Waals surface area contributed by atoms with Gasteiger partial charge in [-0.05, 0) is 30.2 Å². The van der Waals surface area contributed by atoms with Crippen LogP contribution in [0.3, 0.4) is 0 Å². The van der Waals surface area contributed by atoms with Gasteiger partial charge in [0.25, 0.3) is 0 Å². The van der Waals surface area contributed by atoms with Crippen LogP contribution in [0.2, 0.25) is 0 Å². The average Bonchev–Trinajstić information content (AvgIpc) is 3.09. The van der Waals surface area contributed by atoms with E-state index >= 15 is 0 Å². The van der Waals surface area contributed by atoms with Gasteiger partial charge in [0, 0.05) is 11.6 Å². The van der Waals surface area contributed by atoms with E-state index in [1.54, 1.807) is 19.5 Å². The summed E-state index contributed by atoms with van der Waals surface area (Å²) in [6.07, 6.45) is 8.21. The molecule has 0 aliphatic heterocycles. The third-order valence-electron chi connectivity index (χ3n) is 3.25. The molecule has 0 aliphatic rings. The molecule has 23 heavy (non-hydrogen) atoms. The summed E-state index contributed by atoms with van der Waals surface area (Å²) in [7, 11) is 1.65. The normalized spacial score (nSPS) is 10.9. The van der Waals surface area contributed by atoms with Gasteiger partial charge < -0.3 is 9.47 Å². The molecule has 0 atom stereocenters. The zero-order chi connectivity index (χ0) is 16.3. The molecule has 124 valence electrons. The maximum atomic E-state index is 5.80. The zero-order valence-corrected chi connectivity index (χ0v) is 14.4. The Bertz CT molecular complexity index is 600. The number of hydrogen-bond donors (Lipinski definition) is 1. The predicted molar refractivity (Wildman–Crippen MR) is 96.0 cm³/mol. The summed E-state index contributed by atoms with van der Waals surface area (Å²) in [5.41, 5.74) is 3.82. The molecule has 2 aromatic rings. The number of hydrogen-bond acceptors (Lipinski definition) is 6. The lowest BCUT2D eigenvalue weighted by molar-refractivity contribution is 0.285. The van der Waals surface area contributed by atoms with Crippen LogP contribution in [0.25, 0.3) is 0 Å². The number of nitrogens with one attached hydrogen (secondary N) is 1. The molecule has 0 radical (unpaired) electrons. The van der Waals surface area contributed by atoms with Gasteiger partial charge in [-0.3, -0.25) is 5.43 Å². The van der Waals surface area contributed by atoms with E-state index in [2.05, 4.69) is 22.4 Å². The fourth-order valence-electron chi connectivity index (χ4n) is 2.04. The molecular weight excluding hydrogens is 310 g/mol. The Hall–Kier alpha value is -2.08. The van der Waals surface area contributed by atoms with E-state index < -0.39 is 0 Å². The Labute approximate surface area is 141 Å². The van der Waals surface area contributed by atoms with Gasteiger partial charge in [0.05, 0.1) is 19.9 Å². The van der Waals surface area contributed by atoms with E-state index in [4.69, 9.17) is 9.47 Å². The standard InChI is InChI=1S/C17H23N3O2S/c1-3-4-5-6-10-22-15-8-7-14(12-16(15)21-2)13-19-20-17-18-9-11-23-17/h7-9,11-13H,3-6,10H2,1-2H3,(H,18,20)/b19-13+. The average molecular weight is 333 g/mol. The maximum absolute atomic E-state index is 5.80. The van der Waals surface area contributed by atoms with Crippen molar-refractivity contribution in [3.8, 4) is 11.5 Å². The molecule has 0 saturated heterocycles. The molecule has 0 aliphatic carbocycles. The number of rotatable bonds is 10. The summed E-state index contributed by atoms with van der Waals surface area (Å²) in [6, 6.07) is 5.79. The first-order valence-corrected chi connectivity index (χ1v) is 8.71. The fraction of sp³-hybridized carbons (Fsp3) is 0.412. The third-order valence-corrected chi connectivity index (χ3v) is 3.93. The number of methoxy groups -OCH3 is 1. The highest BCUT2D eigenvalue weighted by molar-refractivity contribution is 7.13. The van der Waals surface area contributed by atoms with E-state index in [-0.39, 0.29) is 0 Å². The maximum Gasteiger partial charge on any atom is 0.203 e. The number of hydrazone groups is 1. The minimum absolute atomic E-state index is 0.718. The summed E-state index contributed by atoms with van der Waals surface area (Å²) < 4.78 is 11.2. The van der Waals surface area contributed by atoms with Gasteiger partial charge in [0.1, 0.15) is 0 Å². The predicted octanol–water partition coefficient (Wildman–Crippen LogP) is 4.56. The second-order valence-electron chi connectivity index (χ2n) is 5.03. The topological polar surface area (TPSA) is 55.7 Å². The highest BCUT2D eigenvalue weighted by Crippen LogP contribution is 2.27. The van der Waals surface area contributed by atoms with Crippen LogP contribution in [0.15, 0.2) is 34.9 Å². The van der Waals surface area contributed by atoms with E-state index in [9.17, 15) is 0 Å². The van der Waals surface area contributed by atoms with E-state index in [1.807, 2.05) is 23.6 Å². The van der Waals surface area contributed by atoms with Crippen molar-refractivity contribution in [3.05, 3.63) is 35.3 Å². The van der Waals surface area contributed by atoms with Gasteiger partial charge in [-0.25, -0.2) is 4.98 Å². The Balaban J connectivity index is 1.89. The molecule has 0 spiro atoms. The summed E-state index contributed by atoms with van der Waals surface area (Å²) in [5.74, 6) is 1.49. The Morgan fingerprint density at radius 1 is 1.26 bits per heavy atom. The largest absolute Gasteiger partial charge is 0.493 e. The lowest BCUT2D eigenvalue weighted by atomic mass is 10.2. The van der Waals surface area contributed by atoms with Crippen molar-refractivity contribution in [2.45, 2.75) is 32.6 Å². The zero-order valence-electron chi connectivity index (χ0n) is 13.6. The molecule has 6 heteroatoms. The molecule has 0 amide bonds. The van der Waals surface area contributed by atoms with Gasteiger partial charge in [0.2, 0.25) is 5.13 Å². The number of nitrogens with zero attached hydrogens (tertiary/aromatic N) is 2. The lowest BCUT2D eigenvalue weighted by Gasteiger charge is -2.11. The van der Waals surface area contributed by atoms with Gasteiger partial charge >= 0.3 is 0 Å². The second kappa shape index (κ2) is 9.84. The summed E-state index contributed by atoms with van der Waals surface area (Å²) >= 11 is 1.50. The van der Waals surface area contributed by atoms with E-state index in [0.717, 1.165) is 35.2 Å². The van der Waals surface area contributed by atoms with Crippen LogP contribution in [0, 0.1) is 0 Å². The smallest absolute Gasteiger partial charge is 0.203 e. The first-order chi connectivity index (χ1) is 11.3. The minimum atomic E-state index is 0.718. The summed E-state index contributed by atoms with van der Waals surface area (Å²) in [5, 5.41) is 6.82. The SMILES string of the molecule is CCCCCCOc1ccc(/C=N/Nc2nccs2)cc1OC.